The number of esters is 1. The minimum atomic E-state index is -0.882. The fourth-order valence-electron chi connectivity index (χ4n) is 12.8. The molecule has 2 N–H and O–H groups in total. The number of rotatable bonds is 2. The zero-order valence-corrected chi connectivity index (χ0v) is 24.6. The van der Waals surface area contributed by atoms with Crippen molar-refractivity contribution < 1.29 is 19.7 Å². The van der Waals surface area contributed by atoms with Crippen LogP contribution in [0.3, 0.4) is 0 Å². The molecule has 0 aliphatic heterocycles. The Morgan fingerprint density at radius 3 is 2.06 bits per heavy atom. The second kappa shape index (κ2) is 7.96. The van der Waals surface area contributed by atoms with Gasteiger partial charge in [0.2, 0.25) is 0 Å². The van der Waals surface area contributed by atoms with Crippen molar-refractivity contribution in [3.05, 3.63) is 0 Å². The summed E-state index contributed by atoms with van der Waals surface area (Å²) in [5, 5.41) is 23.1. The number of fused-ring (bicyclic) bond motifs is 7. The molecule has 11 atom stereocenters. The highest BCUT2D eigenvalue weighted by Crippen LogP contribution is 2.78. The van der Waals surface area contributed by atoms with Gasteiger partial charge < -0.3 is 14.9 Å². The molecule has 0 amide bonds. The van der Waals surface area contributed by atoms with E-state index in [1.807, 2.05) is 13.8 Å². The minimum Gasteiger partial charge on any atom is -0.462 e. The topological polar surface area (TPSA) is 66.8 Å². The number of carbonyl (C=O) groups excluding carboxylic acids is 1. The Balaban J connectivity index is 1.55. The first-order chi connectivity index (χ1) is 16.4. The van der Waals surface area contributed by atoms with Crippen molar-refractivity contribution in [2.45, 2.75) is 138 Å². The van der Waals surface area contributed by atoms with Crippen LogP contribution in [0.1, 0.15) is 120 Å². The lowest BCUT2D eigenvalue weighted by molar-refractivity contribution is -0.268. The molecule has 5 fully saturated rings. The molecule has 5 aliphatic carbocycles. The van der Waals surface area contributed by atoms with Gasteiger partial charge in [0.15, 0.2) is 0 Å². The van der Waals surface area contributed by atoms with E-state index in [0.717, 1.165) is 25.7 Å². The summed E-state index contributed by atoms with van der Waals surface area (Å²) in [6, 6.07) is 0. The number of carbonyl (C=O) groups is 1. The highest BCUT2D eigenvalue weighted by atomic mass is 16.5. The average molecular weight is 503 g/mol. The van der Waals surface area contributed by atoms with Gasteiger partial charge in [0.25, 0.3) is 0 Å². The van der Waals surface area contributed by atoms with Crippen molar-refractivity contribution in [3.8, 4) is 0 Å². The Bertz CT molecular complexity index is 904. The molecule has 0 spiro atoms. The van der Waals surface area contributed by atoms with Crippen LogP contribution in [-0.2, 0) is 9.53 Å². The van der Waals surface area contributed by atoms with Crippen molar-refractivity contribution in [1.82, 2.24) is 0 Å². The molecule has 4 heteroatoms. The molecule has 5 saturated carbocycles. The third kappa shape index (κ3) is 3.41. The van der Waals surface area contributed by atoms with Gasteiger partial charge in [-0.2, -0.15) is 0 Å². The molecule has 0 saturated heterocycles. The highest BCUT2D eigenvalue weighted by Gasteiger charge is 2.73. The van der Waals surface area contributed by atoms with Crippen LogP contribution >= 0.6 is 0 Å². The summed E-state index contributed by atoms with van der Waals surface area (Å²) in [5.74, 6) is 1.62. The van der Waals surface area contributed by atoms with E-state index in [2.05, 4.69) is 41.5 Å². The fourth-order valence-corrected chi connectivity index (χ4v) is 12.8. The maximum absolute atomic E-state index is 12.1. The first kappa shape index (κ1) is 27.0. The zero-order chi connectivity index (χ0) is 26.7. The van der Waals surface area contributed by atoms with Gasteiger partial charge in [0.1, 0.15) is 6.10 Å². The Morgan fingerprint density at radius 1 is 0.861 bits per heavy atom. The number of hydrogen-bond acceptors (Lipinski definition) is 4. The third-order valence-electron chi connectivity index (χ3n) is 13.7. The van der Waals surface area contributed by atoms with Gasteiger partial charge in [-0.05, 0) is 116 Å². The normalized spacial score (nSPS) is 54.0. The van der Waals surface area contributed by atoms with E-state index >= 15 is 0 Å². The standard InChI is InChI=1S/C32H54O4/c1-19(33)36-22-18-30(7)20(25(22)28(4,5)35)13-16-31(8)24(30)12-11-23-29(6)15-10-14-27(2,3)26(29)21(34)17-32(23,31)9/h20-26,34-35H,10-18H2,1-9H3/t20-,21-,22+,23+,24+,25+,26-,29+,30-,31+,32+/m0/s1. The van der Waals surface area contributed by atoms with Gasteiger partial charge in [-0.15, -0.1) is 0 Å². The van der Waals surface area contributed by atoms with E-state index in [1.54, 1.807) is 0 Å². The van der Waals surface area contributed by atoms with E-state index in [9.17, 15) is 15.0 Å². The summed E-state index contributed by atoms with van der Waals surface area (Å²) in [6.45, 7) is 20.3. The van der Waals surface area contributed by atoms with Crippen LogP contribution in [0.15, 0.2) is 0 Å². The SMILES string of the molecule is CC(=O)O[C@@H]1C[C@]2(C)[C@H]3CC[C@@H]4[C@@]5(C)CCCC(C)(C)[C@@H]5[C@@H](O)C[C@@]4(C)[C@]3(C)CC[C@H]2[C@H]1C(C)(C)O. The van der Waals surface area contributed by atoms with Crippen LogP contribution in [-0.4, -0.2) is 34.0 Å². The smallest absolute Gasteiger partial charge is 0.302 e. The van der Waals surface area contributed by atoms with Gasteiger partial charge in [-0.25, -0.2) is 0 Å². The third-order valence-corrected chi connectivity index (χ3v) is 13.7. The second-order valence-corrected chi connectivity index (χ2v) is 16.3. The molecule has 4 nitrogen and oxygen atoms in total. The van der Waals surface area contributed by atoms with Gasteiger partial charge in [0.05, 0.1) is 11.7 Å². The van der Waals surface area contributed by atoms with Crippen molar-refractivity contribution in [2.24, 2.45) is 56.7 Å². The van der Waals surface area contributed by atoms with Crippen LogP contribution in [0.4, 0.5) is 0 Å². The largest absolute Gasteiger partial charge is 0.462 e. The van der Waals surface area contributed by atoms with Gasteiger partial charge in [0, 0.05) is 12.8 Å². The lowest BCUT2D eigenvalue weighted by atomic mass is 9.31. The van der Waals surface area contributed by atoms with Crippen molar-refractivity contribution in [2.75, 3.05) is 0 Å². The van der Waals surface area contributed by atoms with Gasteiger partial charge in [-0.1, -0.05) is 48.0 Å². The number of hydrogen-bond donors (Lipinski definition) is 2. The zero-order valence-electron chi connectivity index (χ0n) is 24.6. The Labute approximate surface area is 220 Å². The first-order valence-electron chi connectivity index (χ1n) is 15.0. The van der Waals surface area contributed by atoms with Crippen LogP contribution in [0.5, 0.6) is 0 Å². The molecular weight excluding hydrogens is 448 g/mol. The molecule has 36 heavy (non-hydrogen) atoms. The maximum atomic E-state index is 12.1. The van der Waals surface area contributed by atoms with E-state index in [-0.39, 0.29) is 51.2 Å². The summed E-state index contributed by atoms with van der Waals surface area (Å²) in [5.41, 5.74) is -0.255. The summed E-state index contributed by atoms with van der Waals surface area (Å²) in [7, 11) is 0. The van der Waals surface area contributed by atoms with Crippen LogP contribution < -0.4 is 0 Å². The summed E-state index contributed by atoms with van der Waals surface area (Å²) in [6.07, 6.45) is 9.71. The second-order valence-electron chi connectivity index (χ2n) is 16.3. The number of aliphatic hydroxyl groups is 2. The van der Waals surface area contributed by atoms with Crippen molar-refractivity contribution in [1.29, 1.82) is 0 Å². The molecule has 0 radical (unpaired) electrons. The van der Waals surface area contributed by atoms with Crippen molar-refractivity contribution >= 4 is 5.97 Å². The summed E-state index contributed by atoms with van der Waals surface area (Å²) in [4.78, 5) is 12.1. The number of aliphatic hydroxyl groups excluding tert-OH is 1. The Morgan fingerprint density at radius 2 is 1.47 bits per heavy atom. The predicted molar refractivity (Wildman–Crippen MR) is 143 cm³/mol. The fraction of sp³-hybridized carbons (Fsp3) is 0.969. The van der Waals surface area contributed by atoms with Gasteiger partial charge in [-0.3, -0.25) is 4.79 Å². The molecule has 0 heterocycles. The maximum Gasteiger partial charge on any atom is 0.302 e. The molecule has 0 aromatic rings. The summed E-state index contributed by atoms with van der Waals surface area (Å²) >= 11 is 0. The molecule has 0 bridgehead atoms. The van der Waals surface area contributed by atoms with E-state index in [1.165, 1.54) is 39.0 Å². The molecular formula is C32H54O4. The van der Waals surface area contributed by atoms with E-state index in [0.29, 0.717) is 23.7 Å². The predicted octanol–water partition coefficient (Wildman–Crippen LogP) is 6.76. The number of ether oxygens (including phenoxy) is 1. The van der Waals surface area contributed by atoms with Crippen LogP contribution in [0.25, 0.3) is 0 Å². The molecule has 5 aliphatic rings. The van der Waals surface area contributed by atoms with Gasteiger partial charge >= 0.3 is 5.97 Å². The molecule has 0 aromatic heterocycles. The monoisotopic (exact) mass is 502 g/mol. The first-order valence-corrected chi connectivity index (χ1v) is 15.0. The Kier molecular flexibility index (Phi) is 5.97. The quantitative estimate of drug-likeness (QED) is 0.409. The highest BCUT2D eigenvalue weighted by molar-refractivity contribution is 5.66. The summed E-state index contributed by atoms with van der Waals surface area (Å²) < 4.78 is 5.94. The molecule has 5 rings (SSSR count). The lowest BCUT2D eigenvalue weighted by Crippen LogP contribution is -2.68. The minimum absolute atomic E-state index is 0.0281. The van der Waals surface area contributed by atoms with E-state index < -0.39 is 5.60 Å². The molecule has 0 unspecified atom stereocenters. The lowest BCUT2D eigenvalue weighted by Gasteiger charge is -2.73. The molecule has 206 valence electrons. The molecule has 0 aromatic carbocycles. The average Bonchev–Trinajstić information content (AvgIpc) is 2.98. The van der Waals surface area contributed by atoms with Crippen LogP contribution in [0, 0.1) is 56.7 Å². The Hall–Kier alpha value is -0.610. The van der Waals surface area contributed by atoms with Crippen molar-refractivity contribution in [3.63, 3.8) is 0 Å². The van der Waals surface area contributed by atoms with Crippen LogP contribution in [0.2, 0.25) is 0 Å². The van der Waals surface area contributed by atoms with E-state index in [4.69, 9.17) is 4.74 Å².